The van der Waals surface area contributed by atoms with Crippen molar-refractivity contribution < 1.29 is 9.59 Å². The molecule has 2 aromatic carbocycles. The van der Waals surface area contributed by atoms with Crippen LogP contribution in [0.3, 0.4) is 0 Å². The SMILES string of the molecule is CC(C)(C)c1cc(NC(=O)Nc2cccc(-c3cccnc3)c2)n(-c2cccc(CC(N)=O)c2)n1. The lowest BCUT2D eigenvalue weighted by molar-refractivity contribution is -0.117. The quantitative estimate of drug-likeness (QED) is 0.373. The lowest BCUT2D eigenvalue weighted by atomic mass is 9.92. The van der Waals surface area contributed by atoms with Gasteiger partial charge in [-0.1, -0.05) is 51.1 Å². The number of nitrogens with zero attached hydrogens (tertiary/aromatic N) is 3. The Kier molecular flexibility index (Phi) is 6.64. The molecule has 0 unspecified atom stereocenters. The van der Waals surface area contributed by atoms with Gasteiger partial charge in [-0.05, 0) is 41.5 Å². The Labute approximate surface area is 204 Å². The van der Waals surface area contributed by atoms with E-state index in [1.807, 2.05) is 66.7 Å². The number of nitrogens with two attached hydrogens (primary N) is 1. The molecule has 8 heteroatoms. The fourth-order valence-electron chi connectivity index (χ4n) is 3.62. The molecule has 4 aromatic rings. The molecule has 0 radical (unpaired) electrons. The van der Waals surface area contributed by atoms with Gasteiger partial charge in [-0.15, -0.1) is 0 Å². The van der Waals surface area contributed by atoms with Crippen molar-refractivity contribution in [2.24, 2.45) is 5.73 Å². The molecule has 0 spiro atoms. The number of benzene rings is 2. The third kappa shape index (κ3) is 5.92. The number of primary amides is 1. The van der Waals surface area contributed by atoms with Crippen molar-refractivity contribution in [2.75, 3.05) is 10.6 Å². The van der Waals surface area contributed by atoms with Crippen molar-refractivity contribution in [1.29, 1.82) is 0 Å². The number of carbonyl (C=O) groups is 2. The van der Waals surface area contributed by atoms with Crippen molar-refractivity contribution in [1.82, 2.24) is 14.8 Å². The van der Waals surface area contributed by atoms with Crippen LogP contribution in [-0.2, 0) is 16.6 Å². The van der Waals surface area contributed by atoms with E-state index < -0.39 is 11.9 Å². The van der Waals surface area contributed by atoms with E-state index in [4.69, 9.17) is 10.8 Å². The van der Waals surface area contributed by atoms with Crippen LogP contribution in [0.25, 0.3) is 16.8 Å². The Morgan fingerprint density at radius 2 is 1.71 bits per heavy atom. The summed E-state index contributed by atoms with van der Waals surface area (Å²) in [4.78, 5) is 28.5. The number of amides is 3. The predicted molar refractivity (Wildman–Crippen MR) is 137 cm³/mol. The Morgan fingerprint density at radius 1 is 0.943 bits per heavy atom. The summed E-state index contributed by atoms with van der Waals surface area (Å²) >= 11 is 0. The fourth-order valence-corrected chi connectivity index (χ4v) is 3.62. The zero-order valence-corrected chi connectivity index (χ0v) is 19.9. The predicted octanol–water partition coefficient (Wildman–Crippen LogP) is 4.90. The van der Waals surface area contributed by atoms with Gasteiger partial charge in [0.25, 0.3) is 0 Å². The van der Waals surface area contributed by atoms with Crippen molar-refractivity contribution in [3.63, 3.8) is 0 Å². The van der Waals surface area contributed by atoms with E-state index in [-0.39, 0.29) is 11.8 Å². The molecule has 2 heterocycles. The maximum Gasteiger partial charge on any atom is 0.324 e. The van der Waals surface area contributed by atoms with Crippen LogP contribution >= 0.6 is 0 Å². The van der Waals surface area contributed by atoms with Gasteiger partial charge in [0.15, 0.2) is 0 Å². The topological polar surface area (TPSA) is 115 Å². The smallest absolute Gasteiger partial charge is 0.324 e. The first kappa shape index (κ1) is 23.7. The van der Waals surface area contributed by atoms with Crippen LogP contribution in [0.4, 0.5) is 16.3 Å². The number of urea groups is 1. The van der Waals surface area contributed by atoms with E-state index in [2.05, 4.69) is 36.4 Å². The van der Waals surface area contributed by atoms with Crippen LogP contribution in [0, 0.1) is 0 Å². The highest BCUT2D eigenvalue weighted by molar-refractivity contribution is 5.99. The molecule has 0 saturated carbocycles. The summed E-state index contributed by atoms with van der Waals surface area (Å²) in [5, 5.41) is 10.5. The summed E-state index contributed by atoms with van der Waals surface area (Å²) in [5.74, 6) is 0.0938. The van der Waals surface area contributed by atoms with Crippen molar-refractivity contribution in [2.45, 2.75) is 32.6 Å². The Balaban J connectivity index is 1.60. The molecule has 178 valence electrons. The first-order valence-corrected chi connectivity index (χ1v) is 11.3. The molecular formula is C27H28N6O2. The molecule has 8 nitrogen and oxygen atoms in total. The maximum atomic E-state index is 12.9. The number of hydrogen-bond acceptors (Lipinski definition) is 4. The zero-order chi connectivity index (χ0) is 25.0. The third-order valence-corrected chi connectivity index (χ3v) is 5.37. The largest absolute Gasteiger partial charge is 0.369 e. The van der Waals surface area contributed by atoms with Gasteiger partial charge >= 0.3 is 6.03 Å². The Hall–Kier alpha value is -4.46. The number of carbonyl (C=O) groups excluding carboxylic acids is 2. The molecule has 0 aliphatic rings. The Bertz CT molecular complexity index is 1360. The molecule has 0 saturated heterocycles. The van der Waals surface area contributed by atoms with Gasteiger partial charge in [0.05, 0.1) is 17.8 Å². The van der Waals surface area contributed by atoms with Gasteiger partial charge in [0, 0.05) is 35.1 Å². The van der Waals surface area contributed by atoms with Crippen LogP contribution in [0.5, 0.6) is 0 Å². The minimum absolute atomic E-state index is 0.123. The normalized spacial score (nSPS) is 11.2. The molecule has 0 fully saturated rings. The van der Waals surface area contributed by atoms with Crippen LogP contribution in [0.2, 0.25) is 0 Å². The molecule has 3 amide bonds. The maximum absolute atomic E-state index is 12.9. The monoisotopic (exact) mass is 468 g/mol. The Morgan fingerprint density at radius 3 is 2.43 bits per heavy atom. The van der Waals surface area contributed by atoms with Gasteiger partial charge in [-0.2, -0.15) is 5.10 Å². The van der Waals surface area contributed by atoms with E-state index in [1.54, 1.807) is 17.1 Å². The number of hydrogen-bond donors (Lipinski definition) is 3. The second-order valence-electron chi connectivity index (χ2n) is 9.29. The van der Waals surface area contributed by atoms with Gasteiger partial charge in [0.2, 0.25) is 5.91 Å². The molecule has 2 aromatic heterocycles. The summed E-state index contributed by atoms with van der Waals surface area (Å²) in [6, 6.07) is 20.2. The number of anilines is 2. The zero-order valence-electron chi connectivity index (χ0n) is 19.9. The average molecular weight is 469 g/mol. The van der Waals surface area contributed by atoms with Crippen LogP contribution in [-0.4, -0.2) is 26.7 Å². The van der Waals surface area contributed by atoms with E-state index in [9.17, 15) is 9.59 Å². The summed E-state index contributed by atoms with van der Waals surface area (Å²) < 4.78 is 1.66. The number of pyridine rings is 1. The van der Waals surface area contributed by atoms with Gasteiger partial charge < -0.3 is 11.1 Å². The summed E-state index contributed by atoms with van der Waals surface area (Å²) in [5.41, 5.74) is 9.98. The molecule has 4 rings (SSSR count). The number of rotatable bonds is 6. The highest BCUT2D eigenvalue weighted by atomic mass is 16.2. The average Bonchev–Trinajstić information content (AvgIpc) is 3.24. The van der Waals surface area contributed by atoms with Crippen molar-refractivity contribution in [3.8, 4) is 16.8 Å². The number of nitrogens with one attached hydrogen (secondary N) is 2. The molecule has 35 heavy (non-hydrogen) atoms. The highest BCUT2D eigenvalue weighted by Crippen LogP contribution is 2.27. The van der Waals surface area contributed by atoms with Gasteiger partial charge in [-0.25, -0.2) is 9.48 Å². The van der Waals surface area contributed by atoms with Crippen LogP contribution in [0.15, 0.2) is 79.1 Å². The summed E-state index contributed by atoms with van der Waals surface area (Å²) in [6.45, 7) is 6.16. The number of aromatic nitrogens is 3. The first-order chi connectivity index (χ1) is 16.7. The summed E-state index contributed by atoms with van der Waals surface area (Å²) in [7, 11) is 0. The van der Waals surface area contributed by atoms with E-state index in [0.29, 0.717) is 17.2 Å². The lowest BCUT2D eigenvalue weighted by Gasteiger charge is -2.14. The van der Waals surface area contributed by atoms with E-state index >= 15 is 0 Å². The van der Waals surface area contributed by atoms with Crippen LogP contribution in [0.1, 0.15) is 32.0 Å². The highest BCUT2D eigenvalue weighted by Gasteiger charge is 2.22. The molecule has 0 aliphatic carbocycles. The second kappa shape index (κ2) is 9.80. The molecule has 0 atom stereocenters. The first-order valence-electron chi connectivity index (χ1n) is 11.3. The molecule has 0 bridgehead atoms. The van der Waals surface area contributed by atoms with Crippen molar-refractivity contribution in [3.05, 3.63) is 90.4 Å². The minimum Gasteiger partial charge on any atom is -0.369 e. The van der Waals surface area contributed by atoms with E-state index in [0.717, 1.165) is 22.4 Å². The minimum atomic E-state index is -0.413. The summed E-state index contributed by atoms with van der Waals surface area (Å²) in [6.07, 6.45) is 3.62. The molecule has 0 aliphatic heterocycles. The third-order valence-electron chi connectivity index (χ3n) is 5.37. The van der Waals surface area contributed by atoms with E-state index in [1.165, 1.54) is 0 Å². The van der Waals surface area contributed by atoms with Crippen molar-refractivity contribution >= 4 is 23.4 Å². The molecule has 4 N–H and O–H groups in total. The standard InChI is InChI=1S/C27H28N6O2/c1-27(2,3)23-16-25(33(32-23)22-11-4-7-18(13-22)14-24(28)34)31-26(35)30-21-10-5-8-19(15-21)20-9-6-12-29-17-20/h4-13,15-17H,14H2,1-3H3,(H2,28,34)(H2,30,31,35). The van der Waals surface area contributed by atoms with Gasteiger partial charge in [0.1, 0.15) is 5.82 Å². The second-order valence-corrected chi connectivity index (χ2v) is 9.29. The van der Waals surface area contributed by atoms with Gasteiger partial charge in [-0.3, -0.25) is 15.1 Å². The fraction of sp³-hybridized carbons (Fsp3) is 0.185. The molecular weight excluding hydrogens is 440 g/mol. The van der Waals surface area contributed by atoms with Crippen LogP contribution < -0.4 is 16.4 Å². The lowest BCUT2D eigenvalue weighted by Crippen LogP contribution is -2.21.